The number of aryl methyl sites for hydroxylation is 1. The largest absolute Gasteiger partial charge is 0.286 e. The van der Waals surface area contributed by atoms with Crippen molar-refractivity contribution < 1.29 is 17.6 Å². The lowest BCUT2D eigenvalue weighted by atomic mass is 10.2. The monoisotopic (exact) mass is 379 g/mol. The van der Waals surface area contributed by atoms with Crippen LogP contribution >= 0.6 is 0 Å². The van der Waals surface area contributed by atoms with Gasteiger partial charge >= 0.3 is 0 Å². The molecule has 26 heavy (non-hydrogen) atoms. The molecular weight excluding hydrogens is 357 g/mol. The van der Waals surface area contributed by atoms with Crippen molar-refractivity contribution in [1.82, 2.24) is 9.73 Å². The lowest BCUT2D eigenvalue weighted by Crippen LogP contribution is -2.47. The van der Waals surface area contributed by atoms with E-state index in [1.165, 1.54) is 19.2 Å². The van der Waals surface area contributed by atoms with Crippen LogP contribution in [0, 0.1) is 12.7 Å². The number of amides is 1. The van der Waals surface area contributed by atoms with Crippen LogP contribution in [0.1, 0.15) is 12.5 Å². The average Bonchev–Trinajstić information content (AvgIpc) is 2.60. The molecule has 2 rings (SSSR count). The molecule has 0 saturated carbocycles. The predicted octanol–water partition coefficient (Wildman–Crippen LogP) is 2.31. The number of nitrogens with one attached hydrogen (secondary N) is 1. The van der Waals surface area contributed by atoms with Gasteiger partial charge in [0.2, 0.25) is 10.0 Å². The molecule has 0 saturated heterocycles. The first-order chi connectivity index (χ1) is 12.2. The number of carbonyl (C=O) groups is 1. The third-order valence-electron chi connectivity index (χ3n) is 3.81. The van der Waals surface area contributed by atoms with E-state index in [0.717, 1.165) is 27.7 Å². The van der Waals surface area contributed by atoms with E-state index in [9.17, 15) is 17.6 Å². The molecule has 6 nitrogen and oxygen atoms in total. The van der Waals surface area contributed by atoms with E-state index in [1.54, 1.807) is 5.01 Å². The van der Waals surface area contributed by atoms with Crippen LogP contribution in [0.2, 0.25) is 0 Å². The normalized spacial score (nSPS) is 11.4. The lowest BCUT2D eigenvalue weighted by Gasteiger charge is -2.25. The summed E-state index contributed by atoms with van der Waals surface area (Å²) in [6, 6.07) is 12.1. The molecule has 0 unspecified atom stereocenters. The van der Waals surface area contributed by atoms with Crippen LogP contribution in [0.4, 0.5) is 10.1 Å². The van der Waals surface area contributed by atoms with Crippen LogP contribution in [0.5, 0.6) is 0 Å². The Balaban J connectivity index is 2.05. The molecule has 1 amide bonds. The van der Waals surface area contributed by atoms with Crippen LogP contribution in [0.3, 0.4) is 0 Å². The number of hydrogen-bond donors (Lipinski definition) is 1. The molecule has 0 spiro atoms. The van der Waals surface area contributed by atoms with Crippen molar-refractivity contribution in [3.05, 3.63) is 59.9 Å². The number of hydrazine groups is 1. The van der Waals surface area contributed by atoms with Gasteiger partial charge in [0, 0.05) is 13.6 Å². The Labute approximate surface area is 153 Å². The first-order valence-corrected chi connectivity index (χ1v) is 9.53. The van der Waals surface area contributed by atoms with E-state index in [1.807, 2.05) is 38.1 Å². The molecule has 0 radical (unpaired) electrons. The van der Waals surface area contributed by atoms with Gasteiger partial charge in [-0.15, -0.1) is 0 Å². The summed E-state index contributed by atoms with van der Waals surface area (Å²) in [4.78, 5) is 12.2. The maximum atomic E-state index is 13.0. The predicted molar refractivity (Wildman–Crippen MR) is 98.6 cm³/mol. The van der Waals surface area contributed by atoms with Crippen molar-refractivity contribution in [2.75, 3.05) is 25.1 Å². The van der Waals surface area contributed by atoms with Crippen LogP contribution in [-0.2, 0) is 14.8 Å². The van der Waals surface area contributed by atoms with E-state index < -0.39 is 21.7 Å². The number of rotatable bonds is 7. The first kappa shape index (κ1) is 19.9. The molecule has 0 aromatic heterocycles. The topological polar surface area (TPSA) is 69.7 Å². The van der Waals surface area contributed by atoms with Gasteiger partial charge in [0.05, 0.1) is 17.1 Å². The molecule has 0 aliphatic carbocycles. The van der Waals surface area contributed by atoms with Gasteiger partial charge in [0.1, 0.15) is 5.82 Å². The number of hydrogen-bond acceptors (Lipinski definition) is 4. The molecule has 0 bridgehead atoms. The van der Waals surface area contributed by atoms with Crippen LogP contribution in [0.25, 0.3) is 0 Å². The van der Waals surface area contributed by atoms with Crippen LogP contribution in [-0.4, -0.2) is 38.8 Å². The summed E-state index contributed by atoms with van der Waals surface area (Å²) in [5.41, 5.74) is 4.59. The van der Waals surface area contributed by atoms with E-state index in [0.29, 0.717) is 6.54 Å². The Bertz CT molecular complexity index is 852. The van der Waals surface area contributed by atoms with Gasteiger partial charge in [-0.2, -0.15) is 4.31 Å². The highest BCUT2D eigenvalue weighted by Crippen LogP contribution is 2.15. The molecule has 8 heteroatoms. The van der Waals surface area contributed by atoms with Gasteiger partial charge in [-0.05, 0) is 50.2 Å². The highest BCUT2D eigenvalue weighted by atomic mass is 32.2. The second-order valence-electron chi connectivity index (χ2n) is 5.83. The fourth-order valence-corrected chi connectivity index (χ4v) is 3.44. The summed E-state index contributed by atoms with van der Waals surface area (Å²) in [7, 11) is -2.57. The molecule has 0 aliphatic rings. The molecule has 0 heterocycles. The van der Waals surface area contributed by atoms with Crippen molar-refractivity contribution in [1.29, 1.82) is 0 Å². The fraction of sp³-hybridized carbons (Fsp3) is 0.278. The van der Waals surface area contributed by atoms with Crippen LogP contribution < -0.4 is 10.4 Å². The maximum absolute atomic E-state index is 13.0. The Morgan fingerprint density at radius 2 is 1.65 bits per heavy atom. The first-order valence-electron chi connectivity index (χ1n) is 8.09. The average molecular weight is 379 g/mol. The number of carbonyl (C=O) groups excluding carboxylic acids is 1. The minimum Gasteiger partial charge on any atom is -0.286 e. The minimum absolute atomic E-state index is 0.0694. The molecule has 2 aromatic carbocycles. The van der Waals surface area contributed by atoms with Crippen molar-refractivity contribution in [2.45, 2.75) is 18.7 Å². The van der Waals surface area contributed by atoms with E-state index in [4.69, 9.17) is 0 Å². The zero-order chi connectivity index (χ0) is 19.3. The van der Waals surface area contributed by atoms with Gasteiger partial charge in [-0.3, -0.25) is 15.2 Å². The summed E-state index contributed by atoms with van der Waals surface area (Å²) >= 11 is 0. The van der Waals surface area contributed by atoms with Crippen molar-refractivity contribution in [3.63, 3.8) is 0 Å². The molecule has 0 aliphatic heterocycles. The van der Waals surface area contributed by atoms with Crippen molar-refractivity contribution in [2.24, 2.45) is 0 Å². The van der Waals surface area contributed by atoms with Crippen molar-refractivity contribution in [3.8, 4) is 0 Å². The zero-order valence-corrected chi connectivity index (χ0v) is 15.8. The van der Waals surface area contributed by atoms with Gasteiger partial charge in [-0.1, -0.05) is 17.7 Å². The van der Waals surface area contributed by atoms with Gasteiger partial charge < -0.3 is 0 Å². The smallest absolute Gasteiger partial charge is 0.253 e. The second kappa shape index (κ2) is 8.29. The lowest BCUT2D eigenvalue weighted by molar-refractivity contribution is -0.121. The Kier molecular flexibility index (Phi) is 6.33. The Morgan fingerprint density at radius 1 is 1.08 bits per heavy atom. The highest BCUT2D eigenvalue weighted by molar-refractivity contribution is 7.89. The SMILES string of the molecule is CCN(NC(=O)CN(C)S(=O)(=O)c1ccc(F)cc1)c1ccc(C)cc1. The number of anilines is 1. The number of likely N-dealkylation sites (N-methyl/N-ethyl adjacent to an activating group) is 1. The maximum Gasteiger partial charge on any atom is 0.253 e. The molecular formula is C18H22FN3O3S. The second-order valence-corrected chi connectivity index (χ2v) is 7.87. The Morgan fingerprint density at radius 3 is 2.19 bits per heavy atom. The Hall–Kier alpha value is -2.45. The zero-order valence-electron chi connectivity index (χ0n) is 14.9. The van der Waals surface area contributed by atoms with Gasteiger partial charge in [0.15, 0.2) is 0 Å². The molecule has 1 N–H and O–H groups in total. The molecule has 0 fully saturated rings. The van der Waals surface area contributed by atoms with Gasteiger partial charge in [0.25, 0.3) is 5.91 Å². The summed E-state index contributed by atoms with van der Waals surface area (Å²) in [6.45, 7) is 4.00. The highest BCUT2D eigenvalue weighted by Gasteiger charge is 2.23. The quantitative estimate of drug-likeness (QED) is 0.750. The fourth-order valence-electron chi connectivity index (χ4n) is 2.31. The summed E-state index contributed by atoms with van der Waals surface area (Å²) < 4.78 is 38.8. The molecule has 2 aromatic rings. The minimum atomic E-state index is -3.88. The number of halogens is 1. The third kappa shape index (κ3) is 4.80. The number of sulfonamides is 1. The molecule has 0 atom stereocenters. The van der Waals surface area contributed by atoms with Crippen molar-refractivity contribution >= 4 is 21.6 Å². The molecule has 140 valence electrons. The standard InChI is InChI=1S/C18H22FN3O3S/c1-4-22(16-9-5-14(2)6-10-16)20-18(23)13-21(3)26(24,25)17-11-7-15(19)8-12-17/h5-12H,4,13H2,1-3H3,(H,20,23). The summed E-state index contributed by atoms with van der Waals surface area (Å²) in [5, 5.41) is 1.64. The summed E-state index contributed by atoms with van der Waals surface area (Å²) in [6.07, 6.45) is 0. The summed E-state index contributed by atoms with van der Waals surface area (Å²) in [5.74, 6) is -0.998. The van der Waals surface area contributed by atoms with E-state index >= 15 is 0 Å². The van der Waals surface area contributed by atoms with E-state index in [2.05, 4.69) is 5.43 Å². The third-order valence-corrected chi connectivity index (χ3v) is 5.63. The van der Waals surface area contributed by atoms with Crippen LogP contribution in [0.15, 0.2) is 53.4 Å². The van der Waals surface area contributed by atoms with E-state index in [-0.39, 0.29) is 11.4 Å². The number of benzene rings is 2. The number of nitrogens with zero attached hydrogens (tertiary/aromatic N) is 2. The van der Waals surface area contributed by atoms with Gasteiger partial charge in [-0.25, -0.2) is 12.8 Å².